The zero-order valence-electron chi connectivity index (χ0n) is 15.4. The van der Waals surface area contributed by atoms with Gasteiger partial charge in [-0.25, -0.2) is 4.79 Å². The summed E-state index contributed by atoms with van der Waals surface area (Å²) in [4.78, 5) is 29.3. The first-order valence-corrected chi connectivity index (χ1v) is 8.92. The minimum atomic E-state index is -0.280. The van der Waals surface area contributed by atoms with Gasteiger partial charge in [-0.3, -0.25) is 4.79 Å². The van der Waals surface area contributed by atoms with Gasteiger partial charge in [0.25, 0.3) is 5.91 Å². The molecule has 0 aliphatic carbocycles. The second kappa shape index (κ2) is 7.68. The van der Waals surface area contributed by atoms with Crippen molar-refractivity contribution in [2.75, 3.05) is 26.8 Å². The predicted molar refractivity (Wildman–Crippen MR) is 98.7 cm³/mol. The van der Waals surface area contributed by atoms with Crippen molar-refractivity contribution in [2.24, 2.45) is 0 Å². The Labute approximate surface area is 152 Å². The lowest BCUT2D eigenvalue weighted by molar-refractivity contribution is 0.0857. The van der Waals surface area contributed by atoms with Crippen LogP contribution in [0.4, 0.5) is 4.79 Å². The number of amides is 2. The van der Waals surface area contributed by atoms with E-state index in [0.29, 0.717) is 25.4 Å². The molecule has 1 aromatic heterocycles. The van der Waals surface area contributed by atoms with Crippen molar-refractivity contribution in [3.05, 3.63) is 29.5 Å². The van der Waals surface area contributed by atoms with Crippen LogP contribution in [0, 0.1) is 6.92 Å². The van der Waals surface area contributed by atoms with Gasteiger partial charge in [-0.1, -0.05) is 0 Å². The van der Waals surface area contributed by atoms with Gasteiger partial charge in [0.2, 0.25) is 0 Å². The Kier molecular flexibility index (Phi) is 5.35. The first-order chi connectivity index (χ1) is 12.5. The molecule has 0 saturated carbocycles. The first-order valence-electron chi connectivity index (χ1n) is 8.92. The minimum absolute atomic E-state index is 0.0496. The Morgan fingerprint density at radius 2 is 2.04 bits per heavy atom. The number of hydrogen-bond donors (Lipinski definition) is 2. The number of fused-ring (bicyclic) bond motifs is 1. The summed E-state index contributed by atoms with van der Waals surface area (Å²) < 4.78 is 10.3. The molecule has 7 heteroatoms. The zero-order valence-corrected chi connectivity index (χ0v) is 15.4. The fourth-order valence-electron chi connectivity index (χ4n) is 3.35. The highest BCUT2D eigenvalue weighted by Crippen LogP contribution is 2.26. The number of carbonyl (C=O) groups excluding carboxylic acids is 2. The summed E-state index contributed by atoms with van der Waals surface area (Å²) in [6.07, 6.45) is 1.16. The van der Waals surface area contributed by atoms with Crippen LogP contribution in [0.2, 0.25) is 0 Å². The van der Waals surface area contributed by atoms with E-state index in [9.17, 15) is 9.59 Å². The Hall–Kier alpha value is -2.70. The molecular formula is C19H25N3O4. The molecule has 26 heavy (non-hydrogen) atoms. The highest BCUT2D eigenvalue weighted by atomic mass is 16.6. The Balaban J connectivity index is 1.65. The molecule has 1 fully saturated rings. The molecular weight excluding hydrogens is 334 g/mol. The number of methoxy groups -OCH3 is 1. The smallest absolute Gasteiger partial charge is 0.409 e. The third kappa shape index (κ3) is 3.61. The first kappa shape index (κ1) is 18.1. The Morgan fingerprint density at radius 3 is 2.69 bits per heavy atom. The van der Waals surface area contributed by atoms with Crippen molar-refractivity contribution in [1.82, 2.24) is 15.2 Å². The highest BCUT2D eigenvalue weighted by molar-refractivity contribution is 6.01. The van der Waals surface area contributed by atoms with E-state index in [0.717, 1.165) is 35.1 Å². The average Bonchev–Trinajstić information content (AvgIpc) is 2.98. The number of aromatic amines is 1. The molecule has 1 aromatic carbocycles. The third-order valence-electron chi connectivity index (χ3n) is 4.85. The van der Waals surface area contributed by atoms with E-state index in [1.165, 1.54) is 0 Å². The van der Waals surface area contributed by atoms with Crippen molar-refractivity contribution in [3.8, 4) is 5.75 Å². The minimum Gasteiger partial charge on any atom is -0.497 e. The monoisotopic (exact) mass is 359 g/mol. The van der Waals surface area contributed by atoms with E-state index < -0.39 is 0 Å². The predicted octanol–water partition coefficient (Wildman–Crippen LogP) is 2.84. The summed E-state index contributed by atoms with van der Waals surface area (Å²) in [5, 5.41) is 4.08. The fourth-order valence-corrected chi connectivity index (χ4v) is 3.35. The molecule has 2 amide bonds. The number of H-pyrrole nitrogens is 1. The molecule has 0 spiro atoms. The lowest BCUT2D eigenvalue weighted by Crippen LogP contribution is -2.46. The number of aromatic nitrogens is 1. The quantitative estimate of drug-likeness (QED) is 0.879. The van der Waals surface area contributed by atoms with Crippen LogP contribution in [0.1, 0.15) is 35.8 Å². The summed E-state index contributed by atoms with van der Waals surface area (Å²) in [6.45, 7) is 5.28. The van der Waals surface area contributed by atoms with Gasteiger partial charge in [-0.2, -0.15) is 0 Å². The second-order valence-corrected chi connectivity index (χ2v) is 6.47. The van der Waals surface area contributed by atoms with E-state index in [2.05, 4.69) is 10.3 Å². The maximum atomic E-state index is 12.7. The third-order valence-corrected chi connectivity index (χ3v) is 4.85. The van der Waals surface area contributed by atoms with E-state index in [1.54, 1.807) is 18.9 Å². The number of carbonyl (C=O) groups is 2. The van der Waals surface area contributed by atoms with Gasteiger partial charge in [0.05, 0.1) is 13.7 Å². The van der Waals surface area contributed by atoms with Gasteiger partial charge in [0, 0.05) is 36.1 Å². The van der Waals surface area contributed by atoms with E-state index >= 15 is 0 Å². The summed E-state index contributed by atoms with van der Waals surface area (Å²) in [7, 11) is 1.62. The number of aryl methyl sites for hydroxylation is 1. The summed E-state index contributed by atoms with van der Waals surface area (Å²) >= 11 is 0. The SMILES string of the molecule is CCOC(=O)N1CCC(NC(=O)c2[nH]c3cc(OC)ccc3c2C)CC1. The molecule has 1 aliphatic rings. The largest absolute Gasteiger partial charge is 0.497 e. The molecule has 0 radical (unpaired) electrons. The van der Waals surface area contributed by atoms with Crippen molar-refractivity contribution >= 4 is 22.9 Å². The standard InChI is InChI=1S/C19H25N3O4/c1-4-26-19(24)22-9-7-13(8-10-22)20-18(23)17-12(2)15-6-5-14(25-3)11-16(15)21-17/h5-6,11,13,21H,4,7-10H2,1-3H3,(H,20,23). The van der Waals surface area contributed by atoms with Crippen LogP contribution in [0.3, 0.4) is 0 Å². The molecule has 0 bridgehead atoms. The normalized spacial score (nSPS) is 15.1. The van der Waals surface area contributed by atoms with Gasteiger partial charge in [0.1, 0.15) is 11.4 Å². The molecule has 1 saturated heterocycles. The fraction of sp³-hybridized carbons (Fsp3) is 0.474. The number of hydrogen-bond acceptors (Lipinski definition) is 4. The number of benzene rings is 1. The van der Waals surface area contributed by atoms with Crippen LogP contribution in [0.15, 0.2) is 18.2 Å². The van der Waals surface area contributed by atoms with Gasteiger partial charge in [-0.05, 0) is 44.4 Å². The maximum absolute atomic E-state index is 12.7. The van der Waals surface area contributed by atoms with Crippen LogP contribution in [-0.4, -0.2) is 54.7 Å². The van der Waals surface area contributed by atoms with E-state index in [1.807, 2.05) is 25.1 Å². The topological polar surface area (TPSA) is 83.7 Å². The number of nitrogens with zero attached hydrogens (tertiary/aromatic N) is 1. The van der Waals surface area contributed by atoms with E-state index in [-0.39, 0.29) is 18.0 Å². The highest BCUT2D eigenvalue weighted by Gasteiger charge is 2.25. The Bertz CT molecular complexity index is 806. The Morgan fingerprint density at radius 1 is 1.31 bits per heavy atom. The van der Waals surface area contributed by atoms with Crippen LogP contribution in [-0.2, 0) is 4.74 Å². The van der Waals surface area contributed by atoms with Crippen LogP contribution in [0.25, 0.3) is 10.9 Å². The molecule has 2 N–H and O–H groups in total. The lowest BCUT2D eigenvalue weighted by atomic mass is 10.0. The van der Waals surface area contributed by atoms with Gasteiger partial charge in [0.15, 0.2) is 0 Å². The number of ether oxygens (including phenoxy) is 2. The number of piperidine rings is 1. The van der Waals surface area contributed by atoms with Crippen molar-refractivity contribution < 1.29 is 19.1 Å². The van der Waals surface area contributed by atoms with Gasteiger partial charge < -0.3 is 24.7 Å². The van der Waals surface area contributed by atoms with Crippen molar-refractivity contribution in [1.29, 1.82) is 0 Å². The molecule has 2 aromatic rings. The second-order valence-electron chi connectivity index (χ2n) is 6.47. The molecule has 7 nitrogen and oxygen atoms in total. The zero-order chi connectivity index (χ0) is 18.7. The molecule has 3 rings (SSSR count). The van der Waals surface area contributed by atoms with Gasteiger partial charge >= 0.3 is 6.09 Å². The number of likely N-dealkylation sites (tertiary alicyclic amines) is 1. The number of rotatable bonds is 4. The number of nitrogens with one attached hydrogen (secondary N) is 2. The summed E-state index contributed by atoms with van der Waals surface area (Å²) in [6, 6.07) is 5.77. The molecule has 2 heterocycles. The maximum Gasteiger partial charge on any atom is 0.409 e. The van der Waals surface area contributed by atoms with Crippen LogP contribution >= 0.6 is 0 Å². The van der Waals surface area contributed by atoms with Crippen LogP contribution < -0.4 is 10.1 Å². The van der Waals surface area contributed by atoms with Gasteiger partial charge in [-0.15, -0.1) is 0 Å². The molecule has 140 valence electrons. The molecule has 1 aliphatic heterocycles. The summed E-state index contributed by atoms with van der Waals surface area (Å²) in [5.41, 5.74) is 2.37. The summed E-state index contributed by atoms with van der Waals surface area (Å²) in [5.74, 6) is 0.629. The lowest BCUT2D eigenvalue weighted by Gasteiger charge is -2.31. The van der Waals surface area contributed by atoms with E-state index in [4.69, 9.17) is 9.47 Å². The molecule has 0 atom stereocenters. The average molecular weight is 359 g/mol. The van der Waals surface area contributed by atoms with Crippen molar-refractivity contribution in [2.45, 2.75) is 32.7 Å². The van der Waals surface area contributed by atoms with Crippen molar-refractivity contribution in [3.63, 3.8) is 0 Å². The van der Waals surface area contributed by atoms with Crippen LogP contribution in [0.5, 0.6) is 5.75 Å². The molecule has 0 unspecified atom stereocenters.